The van der Waals surface area contributed by atoms with Gasteiger partial charge in [-0.15, -0.1) is 0 Å². The Kier molecular flexibility index (Phi) is 1.37. The van der Waals surface area contributed by atoms with Crippen molar-refractivity contribution in [2.75, 3.05) is 6.61 Å². The lowest BCUT2D eigenvalue weighted by atomic mass is 10.3. The van der Waals surface area contributed by atoms with Crippen LogP contribution in [0.25, 0.3) is 0 Å². The van der Waals surface area contributed by atoms with Gasteiger partial charge in [0.15, 0.2) is 0 Å². The van der Waals surface area contributed by atoms with Crippen LogP contribution >= 0.6 is 0 Å². The molecule has 0 spiro atoms. The van der Waals surface area contributed by atoms with Gasteiger partial charge in [-0.3, -0.25) is 4.63 Å². The molecule has 6 heteroatoms. The highest BCUT2D eigenvalue weighted by molar-refractivity contribution is 5.87. The second-order valence-electron chi connectivity index (χ2n) is 1.85. The highest BCUT2D eigenvalue weighted by atomic mass is 16.8. The third-order valence-electron chi connectivity index (χ3n) is 1.08. The van der Waals surface area contributed by atoms with Crippen LogP contribution in [0, 0.1) is 12.1 Å². The average molecular weight is 175 g/mol. The molecule has 1 rings (SSSR count). The molecule has 0 aromatic carbocycles. The molecule has 0 radical (unpaired) electrons. The Bertz CT molecular complexity index is 373. The standard InChI is InChI=1S/C6H8N2O4/c1-3-11-6(9)5-4(2)8(10)12-7-5/h3H2,1-2H3/i2D3. The molecule has 0 bridgehead atoms. The molecule has 0 aliphatic carbocycles. The zero-order valence-electron chi connectivity index (χ0n) is 9.23. The van der Waals surface area contributed by atoms with E-state index in [2.05, 4.69) is 14.5 Å². The zero-order chi connectivity index (χ0) is 11.6. The number of aromatic nitrogens is 2. The smallest absolute Gasteiger partial charge is 0.389 e. The molecule has 0 amide bonds. The van der Waals surface area contributed by atoms with Crippen molar-refractivity contribution in [1.82, 2.24) is 5.16 Å². The topological polar surface area (TPSA) is 79.3 Å². The van der Waals surface area contributed by atoms with Gasteiger partial charge in [0.1, 0.15) is 0 Å². The molecule has 0 fully saturated rings. The van der Waals surface area contributed by atoms with Crippen molar-refractivity contribution in [2.24, 2.45) is 0 Å². The van der Waals surface area contributed by atoms with Crippen molar-refractivity contribution >= 4 is 5.97 Å². The largest absolute Gasteiger partial charge is 0.459 e. The van der Waals surface area contributed by atoms with Gasteiger partial charge in [-0.05, 0) is 11.8 Å². The summed E-state index contributed by atoms with van der Waals surface area (Å²) in [5.41, 5.74) is -1.44. The fourth-order valence-electron chi connectivity index (χ4n) is 0.582. The van der Waals surface area contributed by atoms with Gasteiger partial charge in [-0.2, -0.15) is 0 Å². The number of hydrogen-bond acceptors (Lipinski definition) is 5. The van der Waals surface area contributed by atoms with Crippen LogP contribution in [0.15, 0.2) is 4.63 Å². The van der Waals surface area contributed by atoms with Crippen LogP contribution < -0.4 is 4.90 Å². The minimum Gasteiger partial charge on any atom is -0.459 e. The van der Waals surface area contributed by atoms with E-state index in [4.69, 9.17) is 4.11 Å². The third kappa shape index (κ3) is 1.36. The second-order valence-corrected chi connectivity index (χ2v) is 1.85. The van der Waals surface area contributed by atoms with Crippen LogP contribution in [-0.2, 0) is 4.74 Å². The van der Waals surface area contributed by atoms with Crippen molar-refractivity contribution in [3.05, 3.63) is 16.6 Å². The highest BCUT2D eigenvalue weighted by Crippen LogP contribution is 2.00. The van der Waals surface area contributed by atoms with Crippen molar-refractivity contribution in [2.45, 2.75) is 13.8 Å². The Morgan fingerprint density at radius 1 is 2.00 bits per heavy atom. The molecule has 1 heterocycles. The van der Waals surface area contributed by atoms with Crippen molar-refractivity contribution in [3.63, 3.8) is 0 Å². The molecule has 0 saturated heterocycles. The summed E-state index contributed by atoms with van der Waals surface area (Å²) in [6.07, 6.45) is 0. The number of esters is 1. The molecule has 0 aliphatic rings. The summed E-state index contributed by atoms with van der Waals surface area (Å²) in [6.45, 7) is -1.19. The average Bonchev–Trinajstić information content (AvgIpc) is 2.46. The lowest BCUT2D eigenvalue weighted by Gasteiger charge is -1.93. The fourth-order valence-corrected chi connectivity index (χ4v) is 0.582. The summed E-state index contributed by atoms with van der Waals surface area (Å²) >= 11 is 0. The summed E-state index contributed by atoms with van der Waals surface area (Å²) in [6, 6.07) is 0. The van der Waals surface area contributed by atoms with Crippen molar-refractivity contribution in [1.29, 1.82) is 0 Å². The molecule has 66 valence electrons. The maximum atomic E-state index is 11.2. The second kappa shape index (κ2) is 3.21. The van der Waals surface area contributed by atoms with E-state index in [1.165, 1.54) is 6.92 Å². The zero-order valence-corrected chi connectivity index (χ0v) is 6.23. The summed E-state index contributed by atoms with van der Waals surface area (Å²) in [7, 11) is 0. The van der Waals surface area contributed by atoms with Crippen LogP contribution in [-0.4, -0.2) is 17.7 Å². The predicted molar refractivity (Wildman–Crippen MR) is 36.2 cm³/mol. The highest BCUT2D eigenvalue weighted by Gasteiger charge is 2.23. The number of hydrogen-bond donors (Lipinski definition) is 0. The van der Waals surface area contributed by atoms with Gasteiger partial charge in [0.25, 0.3) is 0 Å². The first-order valence-corrected chi connectivity index (χ1v) is 3.15. The molecule has 0 N–H and O–H groups in total. The van der Waals surface area contributed by atoms with Crippen molar-refractivity contribution < 1.29 is 23.2 Å². The van der Waals surface area contributed by atoms with Gasteiger partial charge >= 0.3 is 11.7 Å². The summed E-state index contributed by atoms with van der Waals surface area (Å²) < 4.78 is 29.6. The Labute approximate surface area is 72.5 Å². The third-order valence-corrected chi connectivity index (χ3v) is 1.08. The fraction of sp³-hybridized carbons (Fsp3) is 0.500. The Morgan fingerprint density at radius 3 is 3.33 bits per heavy atom. The predicted octanol–water partition coefficient (Wildman–Crippen LogP) is -0.207. The maximum absolute atomic E-state index is 11.2. The van der Waals surface area contributed by atoms with E-state index < -0.39 is 24.2 Å². The van der Waals surface area contributed by atoms with E-state index in [0.717, 1.165) is 0 Å². The Hall–Kier alpha value is -1.59. The maximum Gasteiger partial charge on any atom is 0.389 e. The van der Waals surface area contributed by atoms with Gasteiger partial charge in [0, 0.05) is 11.0 Å². The van der Waals surface area contributed by atoms with Gasteiger partial charge in [-0.1, -0.05) is 0 Å². The summed E-state index contributed by atoms with van der Waals surface area (Å²) in [5, 5.41) is 14.0. The van der Waals surface area contributed by atoms with Gasteiger partial charge in [0.05, 0.1) is 11.8 Å². The van der Waals surface area contributed by atoms with Crippen LogP contribution in [0.5, 0.6) is 0 Å². The van der Waals surface area contributed by atoms with Crippen LogP contribution in [0.4, 0.5) is 0 Å². The normalized spacial score (nSPS) is 14.6. The first-order valence-electron chi connectivity index (χ1n) is 4.65. The van der Waals surface area contributed by atoms with E-state index in [-0.39, 0.29) is 11.5 Å². The van der Waals surface area contributed by atoms with E-state index in [1.54, 1.807) is 0 Å². The minimum atomic E-state index is -2.77. The molecule has 0 saturated carbocycles. The van der Waals surface area contributed by atoms with E-state index in [9.17, 15) is 10.0 Å². The van der Waals surface area contributed by atoms with Crippen molar-refractivity contribution in [3.8, 4) is 0 Å². The first-order chi connectivity index (χ1) is 6.88. The molecule has 0 atom stereocenters. The van der Waals surface area contributed by atoms with Gasteiger partial charge in [0.2, 0.25) is 5.69 Å². The summed E-state index contributed by atoms with van der Waals surface area (Å²) in [5.74, 6) is -0.998. The number of nitrogens with zero attached hydrogens (tertiary/aromatic N) is 2. The lowest BCUT2D eigenvalue weighted by molar-refractivity contribution is -0.806. The monoisotopic (exact) mass is 175 g/mol. The molecule has 1 aromatic heterocycles. The number of rotatable bonds is 2. The molecule has 6 nitrogen and oxygen atoms in total. The van der Waals surface area contributed by atoms with E-state index in [0.29, 0.717) is 0 Å². The number of carbonyl (C=O) groups excluding carboxylic acids is 1. The minimum absolute atomic E-state index is 0.0466. The first kappa shape index (κ1) is 5.13. The number of ether oxygens (including phenoxy) is 1. The van der Waals surface area contributed by atoms with Crippen LogP contribution in [0.2, 0.25) is 0 Å². The molecule has 12 heavy (non-hydrogen) atoms. The molecule has 1 aromatic rings. The van der Waals surface area contributed by atoms with Gasteiger partial charge < -0.3 is 9.94 Å². The molecule has 0 unspecified atom stereocenters. The Morgan fingerprint density at radius 2 is 2.75 bits per heavy atom. The van der Waals surface area contributed by atoms with Crippen LogP contribution in [0.1, 0.15) is 27.2 Å². The lowest BCUT2D eigenvalue weighted by Crippen LogP contribution is -2.26. The van der Waals surface area contributed by atoms with E-state index >= 15 is 0 Å². The molecule has 0 aliphatic heterocycles. The van der Waals surface area contributed by atoms with Gasteiger partial charge in [-0.25, -0.2) is 4.79 Å². The molecular weight excluding hydrogens is 164 g/mol. The van der Waals surface area contributed by atoms with E-state index in [1.807, 2.05) is 0 Å². The SMILES string of the molecule is [2H]C([2H])([2H])c1c(C(=O)OCC)no[n+]1[O-]. The summed E-state index contributed by atoms with van der Waals surface area (Å²) in [4.78, 5) is 10.9. The number of carbonyl (C=O) groups is 1. The molecular formula is C6H8N2O4. The van der Waals surface area contributed by atoms with Crippen LogP contribution in [0.3, 0.4) is 0 Å². The Balaban J connectivity index is 3.15. The quantitative estimate of drug-likeness (QED) is 0.459.